The Kier molecular flexibility index (Phi) is 3.96. The summed E-state index contributed by atoms with van der Waals surface area (Å²) in [7, 11) is 0. The van der Waals surface area contributed by atoms with Gasteiger partial charge in [0.2, 0.25) is 5.91 Å². The third kappa shape index (κ3) is 2.69. The number of amides is 1. The molecule has 0 spiro atoms. The van der Waals surface area contributed by atoms with Gasteiger partial charge in [-0.1, -0.05) is 30.3 Å². The van der Waals surface area contributed by atoms with Crippen LogP contribution in [0.4, 0.5) is 0 Å². The predicted octanol–water partition coefficient (Wildman–Crippen LogP) is 0.887. The molecule has 18 heavy (non-hydrogen) atoms. The van der Waals surface area contributed by atoms with Crippen LogP contribution in [-0.4, -0.2) is 29.9 Å². The van der Waals surface area contributed by atoms with Crippen molar-refractivity contribution < 1.29 is 4.79 Å². The number of rotatable bonds is 4. The van der Waals surface area contributed by atoms with Crippen molar-refractivity contribution >= 4 is 5.91 Å². The van der Waals surface area contributed by atoms with Crippen LogP contribution in [0.2, 0.25) is 0 Å². The minimum absolute atomic E-state index is 0.419. The smallest absolute Gasteiger partial charge is 0.236 e. The molecule has 2 rings (SSSR count). The zero-order valence-corrected chi connectivity index (χ0v) is 10.2. The van der Waals surface area contributed by atoms with Crippen LogP contribution in [0.5, 0.6) is 0 Å². The van der Waals surface area contributed by atoms with Crippen LogP contribution in [0.25, 0.3) is 0 Å². The Morgan fingerprint density at radius 1 is 1.44 bits per heavy atom. The van der Waals surface area contributed by atoms with Crippen LogP contribution in [0, 0.1) is 17.2 Å². The molecule has 1 fully saturated rings. The van der Waals surface area contributed by atoms with Gasteiger partial charge >= 0.3 is 0 Å². The average molecular weight is 242 g/mol. The molecule has 4 heteroatoms. The zero-order valence-electron chi connectivity index (χ0n) is 10.2. The lowest BCUT2D eigenvalue weighted by Crippen LogP contribution is -2.43. The first kappa shape index (κ1) is 12.6. The number of benzene rings is 1. The van der Waals surface area contributed by atoms with Crippen molar-refractivity contribution in [2.45, 2.75) is 18.9 Å². The van der Waals surface area contributed by atoms with E-state index in [9.17, 15) is 4.79 Å². The predicted molar refractivity (Wildman–Crippen MR) is 68.2 cm³/mol. The van der Waals surface area contributed by atoms with Crippen LogP contribution < -0.4 is 5.73 Å². The minimum Gasteiger partial charge on any atom is -0.368 e. The highest BCUT2D eigenvalue weighted by Crippen LogP contribution is 2.25. The molecule has 4 nitrogen and oxygen atoms in total. The van der Waals surface area contributed by atoms with Gasteiger partial charge in [-0.2, -0.15) is 5.26 Å². The molecule has 1 aromatic carbocycles. The Balaban J connectivity index is 1.97. The summed E-state index contributed by atoms with van der Waals surface area (Å²) in [4.78, 5) is 13.4. The van der Waals surface area contributed by atoms with Gasteiger partial charge in [0.1, 0.15) is 12.0 Å². The first-order chi connectivity index (χ1) is 8.72. The van der Waals surface area contributed by atoms with Gasteiger partial charge in [-0.3, -0.25) is 9.69 Å². The van der Waals surface area contributed by atoms with E-state index in [0.29, 0.717) is 12.3 Å². The summed E-state index contributed by atoms with van der Waals surface area (Å²) in [6.07, 6.45) is 1.52. The van der Waals surface area contributed by atoms with Crippen LogP contribution in [0.15, 0.2) is 30.3 Å². The number of nitriles is 1. The fourth-order valence-corrected chi connectivity index (χ4v) is 2.38. The highest BCUT2D eigenvalue weighted by Gasteiger charge is 2.38. The molecule has 2 N–H and O–H groups in total. The van der Waals surface area contributed by atoms with Crippen molar-refractivity contribution in [2.75, 3.05) is 13.1 Å². The second kappa shape index (κ2) is 5.65. The summed E-state index contributed by atoms with van der Waals surface area (Å²) in [5.41, 5.74) is 6.60. The quantitative estimate of drug-likeness (QED) is 0.852. The lowest BCUT2D eigenvalue weighted by molar-refractivity contribution is -0.121. The lowest BCUT2D eigenvalue weighted by atomic mass is 10.0. The van der Waals surface area contributed by atoms with Crippen molar-refractivity contribution in [1.82, 2.24) is 4.90 Å². The van der Waals surface area contributed by atoms with Gasteiger partial charge in [0.25, 0.3) is 0 Å². The molecule has 1 aromatic rings. The van der Waals surface area contributed by atoms with Crippen molar-refractivity contribution in [3.8, 4) is 6.07 Å². The summed E-state index contributed by atoms with van der Waals surface area (Å²) in [5, 5.41) is 8.97. The Bertz CT molecular complexity index is 452. The molecule has 1 aliphatic rings. The van der Waals surface area contributed by atoms with E-state index in [1.54, 1.807) is 0 Å². The van der Waals surface area contributed by atoms with E-state index in [1.165, 1.54) is 5.56 Å². The Labute approximate surface area is 107 Å². The van der Waals surface area contributed by atoms with E-state index in [1.807, 2.05) is 23.1 Å². The minimum atomic E-state index is -0.501. The molecular weight excluding hydrogens is 226 g/mol. The van der Waals surface area contributed by atoms with E-state index in [4.69, 9.17) is 11.0 Å². The SMILES string of the molecule is N#C[C]1CCN(CCc2ccccc2)C1C(N)=O. The molecule has 93 valence electrons. The average Bonchev–Trinajstić information content (AvgIpc) is 2.80. The van der Waals surface area contributed by atoms with Crippen molar-refractivity contribution in [1.29, 1.82) is 5.26 Å². The van der Waals surface area contributed by atoms with Gasteiger partial charge in [0, 0.05) is 13.1 Å². The van der Waals surface area contributed by atoms with Crippen molar-refractivity contribution in [3.63, 3.8) is 0 Å². The van der Waals surface area contributed by atoms with Crippen LogP contribution in [-0.2, 0) is 11.2 Å². The third-order valence-corrected chi connectivity index (χ3v) is 3.31. The Morgan fingerprint density at radius 3 is 2.78 bits per heavy atom. The Morgan fingerprint density at radius 2 is 2.17 bits per heavy atom. The maximum absolute atomic E-state index is 11.4. The van der Waals surface area contributed by atoms with Crippen LogP contribution in [0.1, 0.15) is 12.0 Å². The number of hydrogen-bond donors (Lipinski definition) is 1. The molecule has 1 atom stereocenters. The van der Waals surface area contributed by atoms with Crippen LogP contribution in [0.3, 0.4) is 0 Å². The summed E-state index contributed by atoms with van der Waals surface area (Å²) in [6, 6.07) is 11.7. The summed E-state index contributed by atoms with van der Waals surface area (Å²) in [6.45, 7) is 1.49. The maximum Gasteiger partial charge on any atom is 0.236 e. The second-order valence-electron chi connectivity index (χ2n) is 4.46. The monoisotopic (exact) mass is 242 g/mol. The fourth-order valence-electron chi connectivity index (χ4n) is 2.38. The molecule has 1 aliphatic heterocycles. The van der Waals surface area contributed by atoms with Gasteiger partial charge in [0.15, 0.2) is 0 Å². The van der Waals surface area contributed by atoms with Crippen molar-refractivity contribution in [2.24, 2.45) is 5.73 Å². The first-order valence-corrected chi connectivity index (χ1v) is 6.05. The normalized spacial score (nSPS) is 20.7. The van der Waals surface area contributed by atoms with E-state index in [2.05, 4.69) is 18.2 Å². The molecule has 0 bridgehead atoms. The van der Waals surface area contributed by atoms with E-state index < -0.39 is 11.9 Å². The highest BCUT2D eigenvalue weighted by atomic mass is 16.1. The molecular formula is C14H16N3O. The number of carbonyl (C=O) groups excluding carboxylic acids is 1. The molecule has 1 radical (unpaired) electrons. The number of nitrogens with two attached hydrogens (primary N) is 1. The van der Waals surface area contributed by atoms with E-state index in [-0.39, 0.29) is 0 Å². The standard InChI is InChI=1S/C14H16N3O/c15-10-12-7-9-17(13(12)14(16)18)8-6-11-4-2-1-3-5-11/h1-5,13H,6-9H2,(H2,16,18). The maximum atomic E-state index is 11.4. The molecule has 1 heterocycles. The lowest BCUT2D eigenvalue weighted by Gasteiger charge is -2.22. The largest absolute Gasteiger partial charge is 0.368 e. The zero-order chi connectivity index (χ0) is 13.0. The van der Waals surface area contributed by atoms with Gasteiger partial charge in [-0.25, -0.2) is 0 Å². The van der Waals surface area contributed by atoms with E-state index in [0.717, 1.165) is 19.5 Å². The molecule has 1 saturated heterocycles. The van der Waals surface area contributed by atoms with Crippen molar-refractivity contribution in [3.05, 3.63) is 41.8 Å². The summed E-state index contributed by atoms with van der Waals surface area (Å²) in [5.74, 6) is 0.174. The molecule has 1 amide bonds. The van der Waals surface area contributed by atoms with Gasteiger partial charge < -0.3 is 5.73 Å². The van der Waals surface area contributed by atoms with Gasteiger partial charge in [-0.05, 0) is 18.4 Å². The van der Waals surface area contributed by atoms with Gasteiger partial charge in [-0.15, -0.1) is 0 Å². The first-order valence-electron chi connectivity index (χ1n) is 6.05. The third-order valence-electron chi connectivity index (χ3n) is 3.31. The summed E-state index contributed by atoms with van der Waals surface area (Å²) >= 11 is 0. The number of nitrogens with zero attached hydrogens (tertiary/aromatic N) is 2. The summed E-state index contributed by atoms with van der Waals surface area (Å²) < 4.78 is 0. The highest BCUT2D eigenvalue weighted by molar-refractivity contribution is 5.84. The molecule has 1 unspecified atom stereocenters. The second-order valence-corrected chi connectivity index (χ2v) is 4.46. The van der Waals surface area contributed by atoms with Gasteiger partial charge in [0.05, 0.1) is 6.07 Å². The molecule has 0 aliphatic carbocycles. The van der Waals surface area contributed by atoms with Crippen LogP contribution >= 0.6 is 0 Å². The number of hydrogen-bond acceptors (Lipinski definition) is 3. The number of likely N-dealkylation sites (tertiary alicyclic amines) is 1. The van der Waals surface area contributed by atoms with E-state index >= 15 is 0 Å². The number of carbonyl (C=O) groups is 1. The fraction of sp³-hybridized carbons (Fsp3) is 0.357. The topological polar surface area (TPSA) is 70.1 Å². The number of primary amides is 1. The molecule has 0 aromatic heterocycles. The molecule has 0 saturated carbocycles. The Hall–Kier alpha value is -1.86.